The highest BCUT2D eigenvalue weighted by molar-refractivity contribution is 5.20. The fraction of sp³-hybridized carbons (Fsp3) is 0.600. The number of hydrogen-bond donors (Lipinski definition) is 1. The van der Waals surface area contributed by atoms with Gasteiger partial charge in [0.1, 0.15) is 11.6 Å². The first kappa shape index (κ1) is 16.1. The van der Waals surface area contributed by atoms with E-state index in [9.17, 15) is 13.9 Å². The molecule has 19 heavy (non-hydrogen) atoms. The zero-order valence-corrected chi connectivity index (χ0v) is 12.1. The van der Waals surface area contributed by atoms with Gasteiger partial charge in [-0.15, -0.1) is 0 Å². The fourth-order valence-corrected chi connectivity index (χ4v) is 2.17. The molecule has 0 fully saturated rings. The van der Waals surface area contributed by atoms with Gasteiger partial charge in [0, 0.05) is 19.2 Å². The van der Waals surface area contributed by atoms with E-state index in [0.29, 0.717) is 18.5 Å². The lowest BCUT2D eigenvalue weighted by Gasteiger charge is -2.27. The molecule has 2 nitrogen and oxygen atoms in total. The SMILES string of the molecule is CN(CCC(O)c1cc(F)cc(F)c1)CC(C)(C)C. The summed E-state index contributed by atoms with van der Waals surface area (Å²) in [5.74, 6) is -1.31. The van der Waals surface area contributed by atoms with Gasteiger partial charge in [-0.25, -0.2) is 8.78 Å². The number of halogens is 2. The predicted molar refractivity (Wildman–Crippen MR) is 72.9 cm³/mol. The van der Waals surface area contributed by atoms with Gasteiger partial charge in [-0.3, -0.25) is 0 Å². The molecule has 1 aromatic rings. The second-order valence-corrected chi connectivity index (χ2v) is 6.31. The summed E-state index contributed by atoms with van der Waals surface area (Å²) in [4.78, 5) is 2.11. The number of hydrogen-bond acceptors (Lipinski definition) is 2. The van der Waals surface area contributed by atoms with Gasteiger partial charge >= 0.3 is 0 Å². The number of benzene rings is 1. The van der Waals surface area contributed by atoms with Crippen LogP contribution >= 0.6 is 0 Å². The highest BCUT2D eigenvalue weighted by Crippen LogP contribution is 2.20. The summed E-state index contributed by atoms with van der Waals surface area (Å²) in [5, 5.41) is 9.96. The normalized spacial score (nSPS) is 13.9. The van der Waals surface area contributed by atoms with Crippen molar-refractivity contribution in [2.75, 3.05) is 20.1 Å². The van der Waals surface area contributed by atoms with Crippen molar-refractivity contribution >= 4 is 0 Å². The third kappa shape index (κ3) is 6.12. The minimum absolute atomic E-state index is 0.185. The first-order valence-electron chi connectivity index (χ1n) is 6.50. The fourth-order valence-electron chi connectivity index (χ4n) is 2.17. The smallest absolute Gasteiger partial charge is 0.126 e. The summed E-state index contributed by atoms with van der Waals surface area (Å²) < 4.78 is 26.1. The summed E-state index contributed by atoms with van der Waals surface area (Å²) in [7, 11) is 1.98. The molecule has 0 aliphatic heterocycles. The van der Waals surface area contributed by atoms with Crippen LogP contribution < -0.4 is 0 Å². The third-order valence-electron chi connectivity index (χ3n) is 2.80. The molecule has 0 heterocycles. The topological polar surface area (TPSA) is 23.5 Å². The van der Waals surface area contributed by atoms with E-state index in [1.54, 1.807) is 0 Å². The van der Waals surface area contributed by atoms with Crippen LogP contribution in [0.3, 0.4) is 0 Å². The highest BCUT2D eigenvalue weighted by atomic mass is 19.1. The maximum atomic E-state index is 13.0. The standard InChI is InChI=1S/C15H23F2NO/c1-15(2,3)10-18(4)6-5-14(19)11-7-12(16)9-13(17)8-11/h7-9,14,19H,5-6,10H2,1-4H3. The van der Waals surface area contributed by atoms with Crippen LogP contribution in [0.2, 0.25) is 0 Å². The summed E-state index contributed by atoms with van der Waals surface area (Å²) in [6, 6.07) is 3.16. The molecule has 4 heteroatoms. The van der Waals surface area contributed by atoms with E-state index < -0.39 is 17.7 Å². The maximum Gasteiger partial charge on any atom is 0.126 e. The van der Waals surface area contributed by atoms with Crippen molar-refractivity contribution in [3.05, 3.63) is 35.4 Å². The second-order valence-electron chi connectivity index (χ2n) is 6.31. The van der Waals surface area contributed by atoms with Gasteiger partial charge in [-0.2, -0.15) is 0 Å². The monoisotopic (exact) mass is 271 g/mol. The highest BCUT2D eigenvalue weighted by Gasteiger charge is 2.15. The van der Waals surface area contributed by atoms with Gasteiger partial charge in [0.2, 0.25) is 0 Å². The van der Waals surface area contributed by atoms with Gasteiger partial charge in [0.05, 0.1) is 6.10 Å². The first-order valence-corrected chi connectivity index (χ1v) is 6.50. The molecule has 0 aromatic heterocycles. The van der Waals surface area contributed by atoms with Crippen LogP contribution in [-0.4, -0.2) is 30.1 Å². The molecule has 1 rings (SSSR count). The van der Waals surface area contributed by atoms with Crippen LogP contribution in [0.15, 0.2) is 18.2 Å². The molecule has 1 aromatic carbocycles. The minimum atomic E-state index is -0.840. The molecule has 108 valence electrons. The Hall–Kier alpha value is -1.00. The van der Waals surface area contributed by atoms with E-state index in [1.807, 2.05) is 7.05 Å². The van der Waals surface area contributed by atoms with Gasteiger partial charge < -0.3 is 10.0 Å². The molecule has 0 aliphatic rings. The molecule has 0 amide bonds. The van der Waals surface area contributed by atoms with Crippen molar-refractivity contribution in [1.82, 2.24) is 4.90 Å². The van der Waals surface area contributed by atoms with E-state index in [4.69, 9.17) is 0 Å². The quantitative estimate of drug-likeness (QED) is 0.887. The molecular formula is C15H23F2NO. The Labute approximate surface area is 114 Å². The van der Waals surface area contributed by atoms with Gasteiger partial charge in [0.25, 0.3) is 0 Å². The zero-order chi connectivity index (χ0) is 14.6. The molecule has 1 atom stereocenters. The molecule has 0 radical (unpaired) electrons. The van der Waals surface area contributed by atoms with E-state index >= 15 is 0 Å². The van der Waals surface area contributed by atoms with E-state index in [-0.39, 0.29) is 5.41 Å². The van der Waals surface area contributed by atoms with Crippen LogP contribution in [0, 0.1) is 17.0 Å². The summed E-state index contributed by atoms with van der Waals surface area (Å²) in [6.07, 6.45) is -0.386. The number of rotatable bonds is 5. The van der Waals surface area contributed by atoms with Crippen LogP contribution in [0.5, 0.6) is 0 Å². The Morgan fingerprint density at radius 2 is 1.68 bits per heavy atom. The zero-order valence-electron chi connectivity index (χ0n) is 12.1. The molecular weight excluding hydrogens is 248 g/mol. The van der Waals surface area contributed by atoms with Crippen molar-refractivity contribution in [2.24, 2.45) is 5.41 Å². The molecule has 0 aliphatic carbocycles. The number of aliphatic hydroxyl groups is 1. The average Bonchev–Trinajstić information content (AvgIpc) is 2.22. The Bertz CT molecular complexity index is 395. The van der Waals surface area contributed by atoms with Crippen molar-refractivity contribution < 1.29 is 13.9 Å². The lowest BCUT2D eigenvalue weighted by Crippen LogP contribution is -2.30. The Kier molecular flexibility index (Phi) is 5.44. The summed E-state index contributed by atoms with van der Waals surface area (Å²) >= 11 is 0. The largest absolute Gasteiger partial charge is 0.388 e. The van der Waals surface area contributed by atoms with Crippen LogP contribution in [-0.2, 0) is 0 Å². The minimum Gasteiger partial charge on any atom is -0.388 e. The lowest BCUT2D eigenvalue weighted by molar-refractivity contribution is 0.137. The van der Waals surface area contributed by atoms with Crippen molar-refractivity contribution in [3.63, 3.8) is 0 Å². The van der Waals surface area contributed by atoms with Gasteiger partial charge in [-0.05, 0) is 36.6 Å². The van der Waals surface area contributed by atoms with Crippen LogP contribution in [0.1, 0.15) is 38.9 Å². The van der Waals surface area contributed by atoms with E-state index in [1.165, 1.54) is 12.1 Å². The first-order chi connectivity index (χ1) is 8.67. The lowest BCUT2D eigenvalue weighted by atomic mass is 9.96. The van der Waals surface area contributed by atoms with Crippen LogP contribution in [0.25, 0.3) is 0 Å². The van der Waals surface area contributed by atoms with E-state index in [2.05, 4.69) is 25.7 Å². The van der Waals surface area contributed by atoms with Crippen LogP contribution in [0.4, 0.5) is 8.78 Å². The molecule has 0 saturated carbocycles. The van der Waals surface area contributed by atoms with E-state index in [0.717, 1.165) is 12.6 Å². The Balaban J connectivity index is 2.53. The Morgan fingerprint density at radius 3 is 2.16 bits per heavy atom. The Morgan fingerprint density at radius 1 is 1.16 bits per heavy atom. The maximum absolute atomic E-state index is 13.0. The van der Waals surface area contributed by atoms with Gasteiger partial charge in [0.15, 0.2) is 0 Å². The van der Waals surface area contributed by atoms with Crippen molar-refractivity contribution in [1.29, 1.82) is 0 Å². The molecule has 1 N–H and O–H groups in total. The van der Waals surface area contributed by atoms with Gasteiger partial charge in [-0.1, -0.05) is 20.8 Å². The molecule has 0 spiro atoms. The summed E-state index contributed by atoms with van der Waals surface area (Å²) in [5.41, 5.74) is 0.478. The molecule has 0 bridgehead atoms. The second kappa shape index (κ2) is 6.44. The van der Waals surface area contributed by atoms with Crippen molar-refractivity contribution in [2.45, 2.75) is 33.3 Å². The summed E-state index contributed by atoms with van der Waals surface area (Å²) in [6.45, 7) is 8.00. The number of aliphatic hydroxyl groups excluding tert-OH is 1. The average molecular weight is 271 g/mol. The third-order valence-corrected chi connectivity index (χ3v) is 2.80. The molecule has 1 unspecified atom stereocenters. The predicted octanol–water partition coefficient (Wildman–Crippen LogP) is 3.37. The van der Waals surface area contributed by atoms with Crippen molar-refractivity contribution in [3.8, 4) is 0 Å². The number of nitrogens with zero attached hydrogens (tertiary/aromatic N) is 1. The molecule has 0 saturated heterocycles.